The predicted molar refractivity (Wildman–Crippen MR) is 108 cm³/mol. The van der Waals surface area contributed by atoms with Crippen molar-refractivity contribution in [3.8, 4) is 45.4 Å². The third-order valence-corrected chi connectivity index (χ3v) is 5.00. The molecule has 5 rings (SSSR count). The Morgan fingerprint density at radius 2 is 0.926 bits per heavy atom. The Morgan fingerprint density at radius 1 is 0.481 bits per heavy atom. The van der Waals surface area contributed by atoms with Crippen LogP contribution in [0.2, 0.25) is 0 Å². The van der Waals surface area contributed by atoms with Crippen molar-refractivity contribution in [2.24, 2.45) is 0 Å². The molecular weight excluding hydrogens is 355 g/mol. The van der Waals surface area contributed by atoms with Gasteiger partial charge in [-0.25, -0.2) is 9.97 Å². The van der Waals surface area contributed by atoms with Crippen molar-refractivity contribution in [2.45, 2.75) is 0 Å². The van der Waals surface area contributed by atoms with Crippen LogP contribution in [0.15, 0.2) is 84.9 Å². The molecule has 5 heteroatoms. The highest BCUT2D eigenvalue weighted by atomic mass is 31.1. The van der Waals surface area contributed by atoms with Gasteiger partial charge >= 0.3 is 0 Å². The molecule has 4 aromatic rings. The quantitative estimate of drug-likeness (QED) is 0.369. The minimum atomic E-state index is -0.172. The number of fused-ring (bicyclic) bond motifs is 9. The van der Waals surface area contributed by atoms with Crippen LogP contribution in [0.4, 0.5) is 0 Å². The molecule has 0 amide bonds. The Kier molecular flexibility index (Phi) is 4.04. The number of pyridine rings is 2. The second-order valence-corrected chi connectivity index (χ2v) is 6.67. The molecule has 1 aliphatic heterocycles. The average Bonchev–Trinajstić information content (AvgIpc) is 2.74. The van der Waals surface area contributed by atoms with Crippen LogP contribution in [0.5, 0.6) is 11.5 Å². The summed E-state index contributed by atoms with van der Waals surface area (Å²) in [6.45, 7) is 0. The summed E-state index contributed by atoms with van der Waals surface area (Å²) in [7, 11) is -0.172. The summed E-state index contributed by atoms with van der Waals surface area (Å²) < 4.78 is 11.9. The van der Waals surface area contributed by atoms with Crippen molar-refractivity contribution in [1.29, 1.82) is 0 Å². The second kappa shape index (κ2) is 6.82. The fraction of sp³-hybridized carbons (Fsp3) is 0. The number of nitrogens with zero attached hydrogens (tertiary/aromatic N) is 2. The number of aromatic nitrogens is 2. The lowest BCUT2D eigenvalue weighted by Gasteiger charge is -2.12. The zero-order valence-electron chi connectivity index (χ0n) is 14.3. The fourth-order valence-electron chi connectivity index (χ4n) is 3.10. The van der Waals surface area contributed by atoms with E-state index in [1.165, 1.54) is 0 Å². The molecule has 27 heavy (non-hydrogen) atoms. The van der Waals surface area contributed by atoms with E-state index in [0.717, 1.165) is 45.4 Å². The van der Waals surface area contributed by atoms with Crippen molar-refractivity contribution in [1.82, 2.24) is 9.97 Å². The fourth-order valence-corrected chi connectivity index (χ4v) is 3.68. The molecule has 2 aromatic carbocycles. The highest BCUT2D eigenvalue weighted by molar-refractivity contribution is 7.27. The Morgan fingerprint density at radius 3 is 1.44 bits per heavy atom. The number of hydrogen-bond donors (Lipinski definition) is 0. The van der Waals surface area contributed by atoms with Crippen molar-refractivity contribution in [2.75, 3.05) is 0 Å². The third kappa shape index (κ3) is 3.05. The molecular formula is C22H15N2O2P. The van der Waals surface area contributed by atoms with Gasteiger partial charge in [0.1, 0.15) is 11.5 Å². The first-order valence-corrected chi connectivity index (χ1v) is 9.42. The van der Waals surface area contributed by atoms with Crippen LogP contribution < -0.4 is 9.05 Å². The molecule has 130 valence electrons. The van der Waals surface area contributed by atoms with Gasteiger partial charge in [0.05, 0.1) is 22.8 Å². The molecule has 0 radical (unpaired) electrons. The minimum absolute atomic E-state index is 0.172. The van der Waals surface area contributed by atoms with Crippen LogP contribution in [0.25, 0.3) is 33.9 Å². The van der Waals surface area contributed by atoms with Gasteiger partial charge in [-0.15, -0.1) is 0 Å². The maximum Gasteiger partial charge on any atom is 0.275 e. The van der Waals surface area contributed by atoms with Gasteiger partial charge in [0, 0.05) is 11.1 Å². The molecule has 3 heterocycles. The summed E-state index contributed by atoms with van der Waals surface area (Å²) in [6, 6.07) is 27.6. The minimum Gasteiger partial charge on any atom is -0.440 e. The van der Waals surface area contributed by atoms with Gasteiger partial charge < -0.3 is 9.05 Å². The topological polar surface area (TPSA) is 44.2 Å². The molecule has 4 bridgehead atoms. The van der Waals surface area contributed by atoms with Crippen LogP contribution >= 0.6 is 9.03 Å². The van der Waals surface area contributed by atoms with Crippen LogP contribution in [0.3, 0.4) is 0 Å². The lowest BCUT2D eigenvalue weighted by Crippen LogP contribution is -1.92. The predicted octanol–water partition coefficient (Wildman–Crippen LogP) is 5.76. The van der Waals surface area contributed by atoms with Gasteiger partial charge in [-0.2, -0.15) is 0 Å². The van der Waals surface area contributed by atoms with Crippen LogP contribution in [0, 0.1) is 0 Å². The van der Waals surface area contributed by atoms with Gasteiger partial charge in [0.25, 0.3) is 9.03 Å². The lowest BCUT2D eigenvalue weighted by molar-refractivity contribution is 0.517. The van der Waals surface area contributed by atoms with Gasteiger partial charge in [-0.05, 0) is 48.5 Å². The summed E-state index contributed by atoms with van der Waals surface area (Å²) in [6.07, 6.45) is 0. The zero-order valence-corrected chi connectivity index (χ0v) is 15.3. The van der Waals surface area contributed by atoms with E-state index in [1.54, 1.807) is 0 Å². The van der Waals surface area contributed by atoms with E-state index in [0.29, 0.717) is 0 Å². The van der Waals surface area contributed by atoms with E-state index in [9.17, 15) is 0 Å². The monoisotopic (exact) mass is 370 g/mol. The van der Waals surface area contributed by atoms with Crippen LogP contribution in [-0.2, 0) is 0 Å². The second-order valence-electron chi connectivity index (χ2n) is 6.10. The maximum absolute atomic E-state index is 5.96. The Hall–Kier alpha value is -3.23. The first kappa shape index (κ1) is 16.0. The van der Waals surface area contributed by atoms with Crippen molar-refractivity contribution in [3.05, 3.63) is 84.9 Å². The van der Waals surface area contributed by atoms with E-state index in [4.69, 9.17) is 19.0 Å². The smallest absolute Gasteiger partial charge is 0.275 e. The highest BCUT2D eigenvalue weighted by Gasteiger charge is 2.14. The number of benzene rings is 2. The normalized spacial score (nSPS) is 12.1. The van der Waals surface area contributed by atoms with E-state index in [2.05, 4.69) is 0 Å². The molecule has 0 atom stereocenters. The van der Waals surface area contributed by atoms with Crippen LogP contribution in [-0.4, -0.2) is 9.97 Å². The third-order valence-electron chi connectivity index (χ3n) is 4.39. The molecule has 0 saturated heterocycles. The van der Waals surface area contributed by atoms with E-state index < -0.39 is 0 Å². The average molecular weight is 370 g/mol. The molecule has 0 spiro atoms. The van der Waals surface area contributed by atoms with Gasteiger partial charge in [-0.3, -0.25) is 0 Å². The SMILES string of the molecule is c1cc2nc(c1)-c1ccccc1OPOc1ccccc1-c1cccc-2n1. The first-order chi connectivity index (χ1) is 13.4. The largest absolute Gasteiger partial charge is 0.440 e. The maximum atomic E-state index is 5.96. The van der Waals surface area contributed by atoms with E-state index >= 15 is 0 Å². The summed E-state index contributed by atoms with van der Waals surface area (Å²) in [5.74, 6) is 1.49. The Bertz CT molecular complexity index is 1040. The Labute approximate surface area is 158 Å². The highest BCUT2D eigenvalue weighted by Crippen LogP contribution is 2.37. The molecule has 0 N–H and O–H groups in total. The standard InChI is InChI=1S/C22H15N2O2P/c1-3-13-21-15(7-1)17-9-5-11-19(23-17)20-12-6-10-18(24-20)16-8-2-4-14-22(16)26-27-25-21/h1-14,27H. The first-order valence-electron chi connectivity index (χ1n) is 8.60. The van der Waals surface area contributed by atoms with Crippen LogP contribution in [0.1, 0.15) is 0 Å². The van der Waals surface area contributed by atoms with Crippen molar-refractivity contribution >= 4 is 9.03 Å². The van der Waals surface area contributed by atoms with Gasteiger partial charge in [-0.1, -0.05) is 36.4 Å². The molecule has 2 aromatic heterocycles. The number of para-hydroxylation sites is 2. The van der Waals surface area contributed by atoms with Gasteiger partial charge in [0.2, 0.25) is 0 Å². The number of rotatable bonds is 0. The molecule has 0 aliphatic carbocycles. The summed E-state index contributed by atoms with van der Waals surface area (Å²) in [5, 5.41) is 0. The summed E-state index contributed by atoms with van der Waals surface area (Å²) in [4.78, 5) is 9.66. The molecule has 0 unspecified atom stereocenters. The summed E-state index contributed by atoms with van der Waals surface area (Å²) >= 11 is 0. The van der Waals surface area contributed by atoms with Crippen molar-refractivity contribution < 1.29 is 9.05 Å². The number of hydrogen-bond acceptors (Lipinski definition) is 4. The molecule has 1 aliphatic rings. The van der Waals surface area contributed by atoms with E-state index in [1.807, 2.05) is 84.9 Å². The zero-order chi connectivity index (χ0) is 18.1. The van der Waals surface area contributed by atoms with Gasteiger partial charge in [0.15, 0.2) is 0 Å². The summed E-state index contributed by atoms with van der Waals surface area (Å²) in [5.41, 5.74) is 5.19. The molecule has 4 nitrogen and oxygen atoms in total. The van der Waals surface area contributed by atoms with Crippen molar-refractivity contribution in [3.63, 3.8) is 0 Å². The molecule has 0 saturated carbocycles. The molecule has 0 fully saturated rings. The lowest BCUT2D eigenvalue weighted by atomic mass is 10.1. The van der Waals surface area contributed by atoms with E-state index in [-0.39, 0.29) is 9.03 Å². The Balaban J connectivity index is 1.75.